The summed E-state index contributed by atoms with van der Waals surface area (Å²) in [5.74, 6) is 0.0429. The van der Waals surface area contributed by atoms with Crippen LogP contribution in [0.25, 0.3) is 0 Å². The van der Waals surface area contributed by atoms with Crippen LogP contribution in [0.15, 0.2) is 23.2 Å². The molecule has 0 aliphatic rings. The molecule has 0 aliphatic heterocycles. The lowest BCUT2D eigenvalue weighted by Gasteiger charge is -2.21. The Hall–Kier alpha value is -1.18. The molecule has 102 valence electrons. The lowest BCUT2D eigenvalue weighted by atomic mass is 10.0. The number of nitrogens with one attached hydrogen (secondary N) is 1. The molecule has 4 N–H and O–H groups in total. The molecule has 7 heteroatoms. The van der Waals surface area contributed by atoms with Crippen LogP contribution in [0.5, 0.6) is 0 Å². The average molecular weight is 273 g/mol. The minimum Gasteiger partial charge on any atom is -0.396 e. The second kappa shape index (κ2) is 6.12. The molecule has 1 unspecified atom stereocenters. The van der Waals surface area contributed by atoms with Gasteiger partial charge in [-0.25, -0.2) is 18.1 Å². The Morgan fingerprint density at radius 2 is 2.17 bits per heavy atom. The van der Waals surface area contributed by atoms with Gasteiger partial charge in [-0.15, -0.1) is 0 Å². The van der Waals surface area contributed by atoms with Gasteiger partial charge in [0.15, 0.2) is 0 Å². The fraction of sp³-hybridized carbons (Fsp3) is 0.545. The van der Waals surface area contributed by atoms with Gasteiger partial charge in [0.25, 0.3) is 0 Å². The third kappa shape index (κ3) is 3.66. The van der Waals surface area contributed by atoms with E-state index >= 15 is 0 Å². The Labute approximate surface area is 107 Å². The predicted molar refractivity (Wildman–Crippen MR) is 69.3 cm³/mol. The molecule has 0 bridgehead atoms. The number of rotatable bonds is 6. The summed E-state index contributed by atoms with van der Waals surface area (Å²) in [6.07, 6.45) is 1.79. The number of anilines is 1. The molecular formula is C11H19N3O3S. The average Bonchev–Trinajstić information content (AvgIpc) is 2.28. The molecule has 6 nitrogen and oxygen atoms in total. The number of aliphatic hydroxyl groups is 1. The van der Waals surface area contributed by atoms with E-state index in [9.17, 15) is 8.42 Å². The first kappa shape index (κ1) is 14.9. The van der Waals surface area contributed by atoms with Gasteiger partial charge in [0, 0.05) is 18.8 Å². The summed E-state index contributed by atoms with van der Waals surface area (Å²) in [4.78, 5) is 3.72. The van der Waals surface area contributed by atoms with Gasteiger partial charge in [0.1, 0.15) is 10.7 Å². The van der Waals surface area contributed by atoms with E-state index in [1.54, 1.807) is 0 Å². The number of nitrogen functional groups attached to an aromatic ring is 1. The number of aliphatic hydroxyl groups excluding tert-OH is 1. The summed E-state index contributed by atoms with van der Waals surface area (Å²) in [7, 11) is -3.71. The third-order valence-electron chi connectivity index (χ3n) is 2.64. The summed E-state index contributed by atoms with van der Waals surface area (Å²) in [6.45, 7) is 3.69. The summed E-state index contributed by atoms with van der Waals surface area (Å²) in [5, 5.41) is 8.94. The van der Waals surface area contributed by atoms with Gasteiger partial charge in [-0.3, -0.25) is 0 Å². The highest BCUT2D eigenvalue weighted by Gasteiger charge is 2.24. The predicted octanol–water partition coefficient (Wildman–Crippen LogP) is 0.349. The standard InChI is InChI=1S/C11H19N3O3S/c1-8(2)9(5-7-15)14-18(16,17)10-4-3-6-13-11(10)12/h3-4,6,8-9,14-15H,5,7H2,1-2H3,(H2,12,13). The molecular weight excluding hydrogens is 254 g/mol. The van der Waals surface area contributed by atoms with Crippen molar-refractivity contribution in [2.45, 2.75) is 31.2 Å². The Morgan fingerprint density at radius 3 is 2.67 bits per heavy atom. The second-order valence-corrected chi connectivity index (χ2v) is 6.05. The minimum atomic E-state index is -3.71. The van der Waals surface area contributed by atoms with Gasteiger partial charge in [-0.2, -0.15) is 0 Å². The molecule has 0 saturated heterocycles. The van der Waals surface area contributed by atoms with E-state index in [4.69, 9.17) is 10.8 Å². The Balaban J connectivity index is 2.97. The third-order valence-corrected chi connectivity index (χ3v) is 4.18. The first-order chi connectivity index (χ1) is 8.38. The lowest BCUT2D eigenvalue weighted by molar-refractivity contribution is 0.256. The van der Waals surface area contributed by atoms with E-state index in [-0.39, 0.29) is 29.3 Å². The van der Waals surface area contributed by atoms with Crippen LogP contribution in [0.1, 0.15) is 20.3 Å². The number of aromatic nitrogens is 1. The van der Waals surface area contributed by atoms with Crippen molar-refractivity contribution in [3.63, 3.8) is 0 Å². The Morgan fingerprint density at radius 1 is 1.50 bits per heavy atom. The summed E-state index contributed by atoms with van der Waals surface area (Å²) in [5.41, 5.74) is 5.55. The molecule has 0 spiro atoms. The van der Waals surface area contributed by atoms with E-state index in [1.165, 1.54) is 18.3 Å². The molecule has 1 aromatic rings. The van der Waals surface area contributed by atoms with Gasteiger partial charge >= 0.3 is 0 Å². The number of sulfonamides is 1. The number of nitrogens with zero attached hydrogens (tertiary/aromatic N) is 1. The molecule has 0 radical (unpaired) electrons. The maximum Gasteiger partial charge on any atom is 0.244 e. The summed E-state index contributed by atoms with van der Waals surface area (Å²) in [6, 6.07) is 2.59. The van der Waals surface area contributed by atoms with E-state index in [0.29, 0.717) is 6.42 Å². The molecule has 0 aromatic carbocycles. The zero-order chi connectivity index (χ0) is 13.8. The smallest absolute Gasteiger partial charge is 0.244 e. The Kier molecular flexibility index (Phi) is 5.06. The normalized spacial score (nSPS) is 13.8. The van der Waals surface area contributed by atoms with E-state index in [2.05, 4.69) is 9.71 Å². The van der Waals surface area contributed by atoms with Crippen molar-refractivity contribution in [3.05, 3.63) is 18.3 Å². The highest BCUT2D eigenvalue weighted by molar-refractivity contribution is 7.89. The lowest BCUT2D eigenvalue weighted by Crippen LogP contribution is -2.39. The van der Waals surface area contributed by atoms with Crippen LogP contribution in [-0.4, -0.2) is 31.2 Å². The maximum atomic E-state index is 12.1. The highest BCUT2D eigenvalue weighted by Crippen LogP contribution is 2.17. The topological polar surface area (TPSA) is 105 Å². The van der Waals surface area contributed by atoms with Gasteiger partial charge < -0.3 is 10.8 Å². The fourth-order valence-electron chi connectivity index (χ4n) is 1.56. The molecule has 0 amide bonds. The zero-order valence-electron chi connectivity index (χ0n) is 10.5. The largest absolute Gasteiger partial charge is 0.396 e. The molecule has 1 rings (SSSR count). The molecule has 0 saturated carbocycles. The molecule has 18 heavy (non-hydrogen) atoms. The van der Waals surface area contributed by atoms with E-state index in [0.717, 1.165) is 0 Å². The summed E-state index contributed by atoms with van der Waals surface area (Å²) >= 11 is 0. The monoisotopic (exact) mass is 273 g/mol. The Bertz CT molecular complexity index is 488. The first-order valence-corrected chi connectivity index (χ1v) is 7.20. The number of hydrogen-bond acceptors (Lipinski definition) is 5. The van der Waals surface area contributed by atoms with Crippen molar-refractivity contribution in [2.24, 2.45) is 5.92 Å². The van der Waals surface area contributed by atoms with Crippen molar-refractivity contribution in [3.8, 4) is 0 Å². The van der Waals surface area contributed by atoms with Crippen LogP contribution in [0.3, 0.4) is 0 Å². The van der Waals surface area contributed by atoms with Crippen LogP contribution < -0.4 is 10.5 Å². The van der Waals surface area contributed by atoms with Crippen molar-refractivity contribution in [1.82, 2.24) is 9.71 Å². The number of hydrogen-bond donors (Lipinski definition) is 3. The molecule has 1 heterocycles. The zero-order valence-corrected chi connectivity index (χ0v) is 11.3. The van der Waals surface area contributed by atoms with Crippen molar-refractivity contribution >= 4 is 15.8 Å². The molecule has 1 aromatic heterocycles. The quantitative estimate of drug-likeness (QED) is 0.693. The van der Waals surface area contributed by atoms with E-state index in [1.807, 2.05) is 13.8 Å². The maximum absolute atomic E-state index is 12.1. The van der Waals surface area contributed by atoms with Gasteiger partial charge in [-0.05, 0) is 24.5 Å². The van der Waals surface area contributed by atoms with Crippen LogP contribution in [0.2, 0.25) is 0 Å². The van der Waals surface area contributed by atoms with Gasteiger partial charge in [0.2, 0.25) is 10.0 Å². The fourth-order valence-corrected chi connectivity index (χ4v) is 3.06. The molecule has 0 aliphatic carbocycles. The van der Waals surface area contributed by atoms with E-state index < -0.39 is 10.0 Å². The van der Waals surface area contributed by atoms with Gasteiger partial charge in [0.05, 0.1) is 0 Å². The molecule has 1 atom stereocenters. The minimum absolute atomic E-state index is 0.0310. The van der Waals surface area contributed by atoms with Crippen molar-refractivity contribution in [2.75, 3.05) is 12.3 Å². The van der Waals surface area contributed by atoms with Crippen LogP contribution in [0.4, 0.5) is 5.82 Å². The van der Waals surface area contributed by atoms with Crippen molar-refractivity contribution < 1.29 is 13.5 Å². The van der Waals surface area contributed by atoms with Gasteiger partial charge in [-0.1, -0.05) is 13.8 Å². The highest BCUT2D eigenvalue weighted by atomic mass is 32.2. The SMILES string of the molecule is CC(C)C(CCO)NS(=O)(=O)c1cccnc1N. The van der Waals surface area contributed by atoms with Crippen LogP contribution in [-0.2, 0) is 10.0 Å². The first-order valence-electron chi connectivity index (χ1n) is 5.72. The van der Waals surface area contributed by atoms with Crippen molar-refractivity contribution in [1.29, 1.82) is 0 Å². The number of pyridine rings is 1. The van der Waals surface area contributed by atoms with Crippen LogP contribution in [0, 0.1) is 5.92 Å². The second-order valence-electron chi connectivity index (χ2n) is 4.37. The molecule has 0 fully saturated rings. The summed E-state index contributed by atoms with van der Waals surface area (Å²) < 4.78 is 26.8. The number of nitrogens with two attached hydrogens (primary N) is 1. The van der Waals surface area contributed by atoms with Crippen LogP contribution >= 0.6 is 0 Å².